The molecule has 3 unspecified atom stereocenters. The lowest BCUT2D eigenvalue weighted by Gasteiger charge is -2.24. The van der Waals surface area contributed by atoms with Crippen molar-refractivity contribution < 1.29 is 28.7 Å². The minimum atomic E-state index is -0.759. The molecular formula is C33H43N3O6S. The predicted octanol–water partition coefficient (Wildman–Crippen LogP) is 4.73. The molecular weight excluding hydrogens is 566 g/mol. The molecule has 0 aliphatic heterocycles. The van der Waals surface area contributed by atoms with E-state index >= 15 is 0 Å². The molecule has 0 aliphatic rings. The highest BCUT2D eigenvalue weighted by Gasteiger charge is 2.29. The minimum Gasteiger partial charge on any atom is -0.463 e. The maximum absolute atomic E-state index is 13.6. The zero-order valence-corrected chi connectivity index (χ0v) is 25.9. The number of benzene rings is 2. The van der Waals surface area contributed by atoms with Crippen molar-refractivity contribution in [3.8, 4) is 0 Å². The molecule has 0 aromatic heterocycles. The topological polar surface area (TPSA) is 145 Å². The number of esters is 1. The number of amides is 3. The van der Waals surface area contributed by atoms with Crippen LogP contribution in [0.15, 0.2) is 72.8 Å². The molecule has 0 bridgehead atoms. The lowest BCUT2D eigenvalue weighted by molar-refractivity contribution is -0.137. The standard InChI is InChI=1S/C33H43N3O6S/c1-4-42-31(39)18-16-27(15-17-30(34)38)35-32(40)26(20-24-11-7-5-8-12-24)21-29(37)28(19-23(2)3)36-33(41)43-22-25-13-9-6-10-14-25/h5-14,16,18,23,26-28H,4,15,17,19-22H2,1-3H3,(H2,34,38)(H,35,40)(H,36,41). The van der Waals surface area contributed by atoms with Gasteiger partial charge in [0.05, 0.1) is 12.6 Å². The van der Waals surface area contributed by atoms with Crippen molar-refractivity contribution in [2.45, 2.75) is 70.7 Å². The van der Waals surface area contributed by atoms with Gasteiger partial charge in [-0.2, -0.15) is 0 Å². The molecule has 2 aromatic carbocycles. The van der Waals surface area contributed by atoms with Crippen molar-refractivity contribution in [1.29, 1.82) is 0 Å². The molecule has 2 aromatic rings. The van der Waals surface area contributed by atoms with Crippen LogP contribution in [-0.4, -0.2) is 47.5 Å². The Morgan fingerprint density at radius 1 is 0.930 bits per heavy atom. The third-order valence-corrected chi connectivity index (χ3v) is 7.38. The van der Waals surface area contributed by atoms with Crippen molar-refractivity contribution in [3.63, 3.8) is 0 Å². The molecule has 0 saturated heterocycles. The summed E-state index contributed by atoms with van der Waals surface area (Å²) in [5.74, 6) is -1.93. The molecule has 9 nitrogen and oxygen atoms in total. The Morgan fingerprint density at radius 2 is 1.56 bits per heavy atom. The van der Waals surface area contributed by atoms with E-state index in [0.29, 0.717) is 12.2 Å². The average Bonchev–Trinajstić information content (AvgIpc) is 2.97. The summed E-state index contributed by atoms with van der Waals surface area (Å²) in [4.78, 5) is 63.4. The smallest absolute Gasteiger partial charge is 0.330 e. The number of ether oxygens (including phenoxy) is 1. The molecule has 0 aliphatic carbocycles. The fourth-order valence-corrected chi connectivity index (χ4v) is 5.11. The van der Waals surface area contributed by atoms with E-state index in [1.165, 1.54) is 12.2 Å². The average molecular weight is 610 g/mol. The van der Waals surface area contributed by atoms with E-state index in [4.69, 9.17) is 10.5 Å². The van der Waals surface area contributed by atoms with Crippen LogP contribution < -0.4 is 16.4 Å². The van der Waals surface area contributed by atoms with E-state index in [-0.39, 0.29) is 49.2 Å². The summed E-state index contributed by atoms with van der Waals surface area (Å²) in [6, 6.07) is 17.5. The summed E-state index contributed by atoms with van der Waals surface area (Å²) in [6.07, 6.45) is 3.44. The first-order chi connectivity index (χ1) is 20.6. The Kier molecular flexibility index (Phi) is 15.8. The highest BCUT2D eigenvalue weighted by atomic mass is 32.2. The molecule has 0 heterocycles. The zero-order chi connectivity index (χ0) is 31.6. The highest BCUT2D eigenvalue weighted by molar-refractivity contribution is 8.12. The van der Waals surface area contributed by atoms with Gasteiger partial charge in [-0.1, -0.05) is 92.3 Å². The van der Waals surface area contributed by atoms with Gasteiger partial charge in [-0.15, -0.1) is 0 Å². The summed E-state index contributed by atoms with van der Waals surface area (Å²) >= 11 is 1.09. The summed E-state index contributed by atoms with van der Waals surface area (Å²) < 4.78 is 4.92. The Balaban J connectivity index is 2.20. The Bertz CT molecular complexity index is 1220. The molecule has 4 N–H and O–H groups in total. The molecule has 232 valence electrons. The minimum absolute atomic E-state index is 0.0104. The molecule has 3 atom stereocenters. The summed E-state index contributed by atoms with van der Waals surface area (Å²) in [7, 11) is 0. The first-order valence-corrected chi connectivity index (χ1v) is 15.5. The number of hydrogen-bond acceptors (Lipinski definition) is 7. The van der Waals surface area contributed by atoms with Crippen LogP contribution in [0.3, 0.4) is 0 Å². The Hall–Kier alpha value is -3.92. The van der Waals surface area contributed by atoms with Crippen LogP contribution in [0.5, 0.6) is 0 Å². The lowest BCUT2D eigenvalue weighted by Crippen LogP contribution is -2.44. The van der Waals surface area contributed by atoms with Gasteiger partial charge in [0.25, 0.3) is 5.24 Å². The number of hydrogen-bond donors (Lipinski definition) is 3. The van der Waals surface area contributed by atoms with Crippen LogP contribution in [0.1, 0.15) is 57.6 Å². The molecule has 0 radical (unpaired) electrons. The Labute approximate surface area is 258 Å². The molecule has 43 heavy (non-hydrogen) atoms. The summed E-state index contributed by atoms with van der Waals surface area (Å²) in [5, 5.41) is 5.44. The third-order valence-electron chi connectivity index (χ3n) is 6.52. The number of Topliss-reactive ketones (excluding diaryl/α,β-unsaturated/α-hetero) is 1. The van der Waals surface area contributed by atoms with Crippen molar-refractivity contribution >= 4 is 40.6 Å². The SMILES string of the molecule is CCOC(=O)C=CC(CCC(N)=O)NC(=O)C(CC(=O)C(CC(C)C)NC(=O)SCc1ccccc1)Cc1ccccc1. The fraction of sp³-hybridized carbons (Fsp3) is 0.424. The number of thioether (sulfide) groups is 1. The van der Waals surface area contributed by atoms with Gasteiger partial charge >= 0.3 is 5.97 Å². The molecule has 0 saturated carbocycles. The Morgan fingerprint density at radius 3 is 2.14 bits per heavy atom. The van der Waals surface area contributed by atoms with E-state index in [1.807, 2.05) is 74.5 Å². The maximum atomic E-state index is 13.6. The van der Waals surface area contributed by atoms with E-state index in [0.717, 1.165) is 22.9 Å². The monoisotopic (exact) mass is 609 g/mol. The summed E-state index contributed by atoms with van der Waals surface area (Å²) in [6.45, 7) is 5.82. The molecule has 0 spiro atoms. The number of rotatable bonds is 18. The van der Waals surface area contributed by atoms with E-state index in [2.05, 4.69) is 10.6 Å². The number of carbonyl (C=O) groups excluding carboxylic acids is 5. The van der Waals surface area contributed by atoms with Crippen molar-refractivity contribution in [1.82, 2.24) is 10.6 Å². The quantitative estimate of drug-likeness (QED) is 0.164. The van der Waals surface area contributed by atoms with Gasteiger partial charge in [0.1, 0.15) is 0 Å². The van der Waals surface area contributed by atoms with E-state index < -0.39 is 35.8 Å². The number of nitrogens with one attached hydrogen (secondary N) is 2. The van der Waals surface area contributed by atoms with Gasteiger partial charge < -0.3 is 21.1 Å². The van der Waals surface area contributed by atoms with E-state index in [1.54, 1.807) is 6.92 Å². The van der Waals surface area contributed by atoms with Crippen LogP contribution in [-0.2, 0) is 36.1 Å². The fourth-order valence-electron chi connectivity index (χ4n) is 4.39. The second-order valence-electron chi connectivity index (χ2n) is 10.7. The number of nitrogens with two attached hydrogens (primary N) is 1. The van der Waals surface area contributed by atoms with Gasteiger partial charge in [0, 0.05) is 36.6 Å². The van der Waals surface area contributed by atoms with Gasteiger partial charge in [-0.25, -0.2) is 4.79 Å². The number of carbonyl (C=O) groups is 5. The number of ketones is 1. The zero-order valence-electron chi connectivity index (χ0n) is 25.1. The van der Waals surface area contributed by atoms with Gasteiger partial charge in [-0.05, 0) is 43.2 Å². The highest BCUT2D eigenvalue weighted by Crippen LogP contribution is 2.19. The van der Waals surface area contributed by atoms with E-state index in [9.17, 15) is 24.0 Å². The maximum Gasteiger partial charge on any atom is 0.330 e. The van der Waals surface area contributed by atoms with Crippen LogP contribution in [0.2, 0.25) is 0 Å². The van der Waals surface area contributed by atoms with Crippen LogP contribution in [0, 0.1) is 11.8 Å². The largest absolute Gasteiger partial charge is 0.463 e. The van der Waals surface area contributed by atoms with Crippen LogP contribution >= 0.6 is 11.8 Å². The molecule has 10 heteroatoms. The molecule has 3 amide bonds. The first kappa shape index (κ1) is 35.3. The second kappa shape index (κ2) is 19.3. The van der Waals surface area contributed by atoms with Crippen molar-refractivity contribution in [2.75, 3.05) is 6.61 Å². The summed E-state index contributed by atoms with van der Waals surface area (Å²) in [5.41, 5.74) is 7.19. The second-order valence-corrected chi connectivity index (χ2v) is 11.6. The van der Waals surface area contributed by atoms with Crippen LogP contribution in [0.25, 0.3) is 0 Å². The van der Waals surface area contributed by atoms with Gasteiger partial charge in [0.2, 0.25) is 11.8 Å². The lowest BCUT2D eigenvalue weighted by atomic mass is 9.89. The third kappa shape index (κ3) is 14.7. The van der Waals surface area contributed by atoms with Crippen molar-refractivity contribution in [3.05, 3.63) is 83.9 Å². The number of primary amides is 1. The molecule has 0 fully saturated rings. The van der Waals surface area contributed by atoms with Crippen LogP contribution in [0.4, 0.5) is 4.79 Å². The van der Waals surface area contributed by atoms with Crippen molar-refractivity contribution in [2.24, 2.45) is 17.6 Å². The van der Waals surface area contributed by atoms with Gasteiger partial charge in [-0.3, -0.25) is 19.2 Å². The predicted molar refractivity (Wildman–Crippen MR) is 169 cm³/mol. The molecule has 2 rings (SSSR count). The van der Waals surface area contributed by atoms with Gasteiger partial charge in [0.15, 0.2) is 5.78 Å². The normalized spacial score (nSPS) is 13.2. The first-order valence-electron chi connectivity index (χ1n) is 14.5.